The van der Waals surface area contributed by atoms with Gasteiger partial charge in [0, 0.05) is 0 Å². The first-order valence-electron chi connectivity index (χ1n) is 5.01. The van der Waals surface area contributed by atoms with Crippen molar-refractivity contribution < 1.29 is 45.0 Å². The largest absolute Gasteiger partial charge is 0.508 e. The van der Waals surface area contributed by atoms with E-state index in [0.717, 1.165) is 0 Å². The summed E-state index contributed by atoms with van der Waals surface area (Å²) in [7, 11) is 0. The number of ether oxygens (including phenoxy) is 2. The molecule has 19 heavy (non-hydrogen) atoms. The van der Waals surface area contributed by atoms with Crippen molar-refractivity contribution >= 4 is 6.16 Å². The molecule has 0 fully saturated rings. The summed E-state index contributed by atoms with van der Waals surface area (Å²) in [5.41, 5.74) is 0. The molecule has 0 aliphatic heterocycles. The van der Waals surface area contributed by atoms with E-state index < -0.39 is 36.9 Å². The molecule has 1 unspecified atom stereocenters. The zero-order chi connectivity index (χ0) is 15.5. The lowest BCUT2D eigenvalue weighted by atomic mass is 10.2. The van der Waals surface area contributed by atoms with Gasteiger partial charge in [-0.3, -0.25) is 0 Å². The van der Waals surface area contributed by atoms with Crippen LogP contribution in [0.2, 0.25) is 0 Å². The predicted molar refractivity (Wildman–Crippen MR) is 48.1 cm³/mol. The number of alkyl halides is 7. The number of hydrogen-bond acceptors (Lipinski definition) is 3. The molecule has 114 valence electrons. The van der Waals surface area contributed by atoms with E-state index in [1.54, 1.807) is 6.92 Å². The number of hydrogen-bond donors (Lipinski definition) is 0. The number of halogens is 7. The third-order valence-electron chi connectivity index (χ3n) is 2.06. The van der Waals surface area contributed by atoms with Crippen molar-refractivity contribution in [3.63, 3.8) is 0 Å². The van der Waals surface area contributed by atoms with Crippen molar-refractivity contribution in [2.75, 3.05) is 6.61 Å². The Bertz CT molecular complexity index is 313. The second-order valence-corrected chi connectivity index (χ2v) is 3.65. The Kier molecular flexibility index (Phi) is 5.45. The average molecular weight is 300 g/mol. The molecule has 0 saturated heterocycles. The summed E-state index contributed by atoms with van der Waals surface area (Å²) in [6.07, 6.45) is -8.67. The molecule has 0 aliphatic rings. The SMILES string of the molecule is CCC(C)OC(=O)OCC(F)(F)C(F)(F)C(F)(F)F. The van der Waals surface area contributed by atoms with Crippen LogP contribution in [0, 0.1) is 0 Å². The van der Waals surface area contributed by atoms with E-state index in [9.17, 15) is 35.5 Å². The molecule has 0 heterocycles. The molecule has 0 N–H and O–H groups in total. The second kappa shape index (κ2) is 5.83. The molecule has 0 aliphatic carbocycles. The van der Waals surface area contributed by atoms with Crippen LogP contribution >= 0.6 is 0 Å². The van der Waals surface area contributed by atoms with Crippen LogP contribution in [0.4, 0.5) is 35.5 Å². The Labute approximate surface area is 103 Å². The highest BCUT2D eigenvalue weighted by molar-refractivity contribution is 5.60. The van der Waals surface area contributed by atoms with Crippen LogP contribution in [0.5, 0.6) is 0 Å². The highest BCUT2D eigenvalue weighted by Crippen LogP contribution is 2.46. The van der Waals surface area contributed by atoms with E-state index in [2.05, 4.69) is 9.47 Å². The van der Waals surface area contributed by atoms with Crippen molar-refractivity contribution in [2.45, 2.75) is 44.4 Å². The lowest BCUT2D eigenvalue weighted by molar-refractivity contribution is -0.359. The molecule has 3 nitrogen and oxygen atoms in total. The van der Waals surface area contributed by atoms with Gasteiger partial charge in [0.15, 0.2) is 6.61 Å². The van der Waals surface area contributed by atoms with Gasteiger partial charge in [0.1, 0.15) is 6.10 Å². The van der Waals surface area contributed by atoms with Gasteiger partial charge < -0.3 is 9.47 Å². The molecular formula is C9H11F7O3. The van der Waals surface area contributed by atoms with Crippen molar-refractivity contribution in [3.05, 3.63) is 0 Å². The summed E-state index contributed by atoms with van der Waals surface area (Å²) in [6.45, 7) is 0.475. The van der Waals surface area contributed by atoms with Gasteiger partial charge in [-0.05, 0) is 13.3 Å². The Balaban J connectivity index is 4.59. The fraction of sp³-hybridized carbons (Fsp3) is 0.889. The fourth-order valence-corrected chi connectivity index (χ4v) is 0.729. The predicted octanol–water partition coefficient (Wildman–Crippen LogP) is 3.77. The van der Waals surface area contributed by atoms with Gasteiger partial charge >= 0.3 is 24.2 Å². The molecule has 0 amide bonds. The molecule has 0 rings (SSSR count). The quantitative estimate of drug-likeness (QED) is 0.572. The van der Waals surface area contributed by atoms with Gasteiger partial charge in [-0.2, -0.15) is 30.7 Å². The highest BCUT2D eigenvalue weighted by atomic mass is 19.4. The first-order valence-corrected chi connectivity index (χ1v) is 5.01. The zero-order valence-corrected chi connectivity index (χ0v) is 9.86. The smallest absolute Gasteiger partial charge is 0.431 e. The van der Waals surface area contributed by atoms with Gasteiger partial charge in [-0.25, -0.2) is 4.79 Å². The summed E-state index contributed by atoms with van der Waals surface area (Å²) in [4.78, 5) is 10.7. The van der Waals surface area contributed by atoms with E-state index in [4.69, 9.17) is 0 Å². The van der Waals surface area contributed by atoms with E-state index in [1.807, 2.05) is 0 Å². The van der Waals surface area contributed by atoms with Crippen LogP contribution in [0.3, 0.4) is 0 Å². The van der Waals surface area contributed by atoms with Crippen LogP contribution in [0.15, 0.2) is 0 Å². The van der Waals surface area contributed by atoms with E-state index >= 15 is 0 Å². The van der Waals surface area contributed by atoms with Crippen molar-refractivity contribution in [3.8, 4) is 0 Å². The van der Waals surface area contributed by atoms with Gasteiger partial charge in [0.25, 0.3) is 0 Å². The minimum absolute atomic E-state index is 0.282. The third-order valence-corrected chi connectivity index (χ3v) is 2.06. The Morgan fingerprint density at radius 1 is 1.11 bits per heavy atom. The van der Waals surface area contributed by atoms with Gasteiger partial charge in [-0.15, -0.1) is 0 Å². The molecule has 10 heteroatoms. The monoisotopic (exact) mass is 300 g/mol. The van der Waals surface area contributed by atoms with Crippen LogP contribution in [-0.4, -0.2) is 36.9 Å². The van der Waals surface area contributed by atoms with Gasteiger partial charge in [0.05, 0.1) is 0 Å². The highest BCUT2D eigenvalue weighted by Gasteiger charge is 2.73. The Morgan fingerprint density at radius 3 is 1.95 bits per heavy atom. The second-order valence-electron chi connectivity index (χ2n) is 3.65. The molecule has 0 spiro atoms. The van der Waals surface area contributed by atoms with E-state index in [-0.39, 0.29) is 6.42 Å². The zero-order valence-electron chi connectivity index (χ0n) is 9.86. The summed E-state index contributed by atoms with van der Waals surface area (Å²) >= 11 is 0. The summed E-state index contributed by atoms with van der Waals surface area (Å²) in [6, 6.07) is 0. The normalized spacial score (nSPS) is 15.0. The minimum atomic E-state index is -6.46. The van der Waals surface area contributed by atoms with Crippen molar-refractivity contribution in [2.24, 2.45) is 0 Å². The van der Waals surface area contributed by atoms with E-state index in [0.29, 0.717) is 0 Å². The summed E-state index contributed by atoms with van der Waals surface area (Å²) < 4.78 is 93.1. The summed E-state index contributed by atoms with van der Waals surface area (Å²) in [5, 5.41) is 0. The molecule has 0 aromatic carbocycles. The molecule has 0 saturated carbocycles. The maximum absolute atomic E-state index is 12.7. The standard InChI is InChI=1S/C9H11F7O3/c1-3-5(2)19-6(17)18-4-7(10,11)8(12,13)9(14,15)16/h5H,3-4H2,1-2H3. The van der Waals surface area contributed by atoms with Crippen LogP contribution in [0.25, 0.3) is 0 Å². The van der Waals surface area contributed by atoms with Gasteiger partial charge in [-0.1, -0.05) is 6.92 Å². The van der Waals surface area contributed by atoms with E-state index in [1.165, 1.54) is 6.92 Å². The number of carbonyl (C=O) groups is 1. The van der Waals surface area contributed by atoms with Gasteiger partial charge in [0.2, 0.25) is 0 Å². The average Bonchev–Trinajstić information content (AvgIpc) is 2.24. The molecule has 1 atom stereocenters. The molecule has 0 bridgehead atoms. The van der Waals surface area contributed by atoms with Crippen LogP contribution < -0.4 is 0 Å². The van der Waals surface area contributed by atoms with Crippen LogP contribution in [0.1, 0.15) is 20.3 Å². The maximum atomic E-state index is 12.7. The molecule has 0 aromatic heterocycles. The van der Waals surface area contributed by atoms with Crippen molar-refractivity contribution in [1.29, 1.82) is 0 Å². The van der Waals surface area contributed by atoms with Crippen molar-refractivity contribution in [1.82, 2.24) is 0 Å². The minimum Gasteiger partial charge on any atom is -0.431 e. The Hall–Kier alpha value is -1.22. The molecular weight excluding hydrogens is 289 g/mol. The topological polar surface area (TPSA) is 35.5 Å². The first-order chi connectivity index (χ1) is 8.35. The maximum Gasteiger partial charge on any atom is 0.508 e. The summed E-state index contributed by atoms with van der Waals surface area (Å²) in [5.74, 6) is -11.9. The third kappa shape index (κ3) is 4.43. The lowest BCUT2D eigenvalue weighted by Gasteiger charge is -2.27. The fourth-order valence-electron chi connectivity index (χ4n) is 0.729. The molecule has 0 radical (unpaired) electrons. The van der Waals surface area contributed by atoms with Crippen LogP contribution in [-0.2, 0) is 9.47 Å². The first kappa shape index (κ1) is 17.8. The number of rotatable bonds is 5. The molecule has 0 aromatic rings. The lowest BCUT2D eigenvalue weighted by Crippen LogP contribution is -2.54. The Morgan fingerprint density at radius 2 is 1.58 bits per heavy atom. The number of carbonyl (C=O) groups excluding carboxylic acids is 1.